The second-order valence-corrected chi connectivity index (χ2v) is 7.03. The molecule has 6 nitrogen and oxygen atoms in total. The Kier molecular flexibility index (Phi) is 5.71. The molecule has 0 unspecified atom stereocenters. The first kappa shape index (κ1) is 19.5. The quantitative estimate of drug-likeness (QED) is 0.580. The van der Waals surface area contributed by atoms with Crippen LogP contribution in [0.25, 0.3) is 5.57 Å². The van der Waals surface area contributed by atoms with Gasteiger partial charge in [0, 0.05) is 17.6 Å². The number of nitrogens with two attached hydrogens (primary N) is 1. The molecule has 6 heteroatoms. The second-order valence-electron chi connectivity index (χ2n) is 7.03. The number of rotatable bonds is 7. The Balaban J connectivity index is 1.96. The topological polar surface area (TPSA) is 81.9 Å². The summed E-state index contributed by atoms with van der Waals surface area (Å²) in [6.45, 7) is 4.33. The Hall–Kier alpha value is -3.24. The molecule has 1 heterocycles. The van der Waals surface area contributed by atoms with E-state index in [0.717, 1.165) is 11.4 Å². The normalized spacial score (nSPS) is 16.9. The van der Waals surface area contributed by atoms with Gasteiger partial charge in [-0.1, -0.05) is 6.07 Å². The highest BCUT2D eigenvalue weighted by Crippen LogP contribution is 2.35. The second kappa shape index (κ2) is 8.19. The predicted octanol–water partition coefficient (Wildman–Crippen LogP) is 3.19. The fourth-order valence-corrected chi connectivity index (χ4v) is 3.03. The zero-order valence-corrected chi connectivity index (χ0v) is 16.3. The third-order valence-corrected chi connectivity index (χ3v) is 4.78. The fraction of sp³-hybridized carbons (Fsp3) is 0.318. The highest BCUT2D eigenvalue weighted by atomic mass is 16.5. The molecule has 2 aliphatic rings. The molecule has 0 radical (unpaired) electrons. The van der Waals surface area contributed by atoms with Gasteiger partial charge in [-0.15, -0.1) is 0 Å². The molecule has 0 spiro atoms. The molecule has 0 aromatic heterocycles. The van der Waals surface area contributed by atoms with Gasteiger partial charge in [-0.2, -0.15) is 0 Å². The van der Waals surface area contributed by atoms with Gasteiger partial charge < -0.3 is 20.1 Å². The van der Waals surface area contributed by atoms with Crippen molar-refractivity contribution >= 4 is 17.4 Å². The SMILES string of the molecule is COc1ccc(/C(=C/N2C(C)=CC(=C=O)C=C2C)C(N)=O)cc1OCC1CC1. The Morgan fingerprint density at radius 1 is 1.25 bits per heavy atom. The van der Waals surface area contributed by atoms with Crippen LogP contribution in [0.1, 0.15) is 32.3 Å². The predicted molar refractivity (Wildman–Crippen MR) is 107 cm³/mol. The third kappa shape index (κ3) is 4.35. The number of amides is 1. The van der Waals surface area contributed by atoms with E-state index in [1.807, 2.05) is 24.7 Å². The van der Waals surface area contributed by atoms with E-state index in [2.05, 4.69) is 0 Å². The highest BCUT2D eigenvalue weighted by Gasteiger charge is 2.23. The van der Waals surface area contributed by atoms with Gasteiger partial charge in [0.05, 0.1) is 24.9 Å². The third-order valence-electron chi connectivity index (χ3n) is 4.78. The van der Waals surface area contributed by atoms with Crippen LogP contribution in [0, 0.1) is 5.92 Å². The zero-order chi connectivity index (χ0) is 20.3. The van der Waals surface area contributed by atoms with E-state index in [1.165, 1.54) is 12.8 Å². The van der Waals surface area contributed by atoms with Crippen LogP contribution in [0.15, 0.2) is 53.5 Å². The molecule has 1 fully saturated rings. The molecule has 1 aliphatic carbocycles. The van der Waals surface area contributed by atoms with Gasteiger partial charge >= 0.3 is 0 Å². The molecule has 1 amide bonds. The van der Waals surface area contributed by atoms with E-state index in [4.69, 9.17) is 15.2 Å². The summed E-state index contributed by atoms with van der Waals surface area (Å²) in [7, 11) is 1.58. The number of benzene rings is 1. The lowest BCUT2D eigenvalue weighted by atomic mass is 10.0. The maximum atomic E-state index is 12.2. The lowest BCUT2D eigenvalue weighted by Gasteiger charge is -2.26. The number of primary amides is 1. The van der Waals surface area contributed by atoms with Crippen molar-refractivity contribution in [2.75, 3.05) is 13.7 Å². The van der Waals surface area contributed by atoms with Crippen molar-refractivity contribution in [3.63, 3.8) is 0 Å². The van der Waals surface area contributed by atoms with Crippen molar-refractivity contribution < 1.29 is 19.1 Å². The number of hydrogen-bond donors (Lipinski definition) is 1. The van der Waals surface area contributed by atoms with Gasteiger partial charge in [0.25, 0.3) is 5.91 Å². The first-order chi connectivity index (χ1) is 13.4. The van der Waals surface area contributed by atoms with Crippen LogP contribution >= 0.6 is 0 Å². The van der Waals surface area contributed by atoms with E-state index in [-0.39, 0.29) is 0 Å². The Bertz CT molecular complexity index is 910. The highest BCUT2D eigenvalue weighted by molar-refractivity contribution is 6.18. The number of ether oxygens (including phenoxy) is 2. The Morgan fingerprint density at radius 3 is 2.46 bits per heavy atom. The van der Waals surface area contributed by atoms with Crippen LogP contribution < -0.4 is 15.2 Å². The largest absolute Gasteiger partial charge is 0.493 e. The van der Waals surface area contributed by atoms with Crippen LogP contribution in [0.5, 0.6) is 11.5 Å². The molecule has 1 aliphatic heterocycles. The maximum Gasteiger partial charge on any atom is 0.250 e. The number of carbonyl (C=O) groups excluding carboxylic acids is 2. The minimum Gasteiger partial charge on any atom is -0.493 e. The van der Waals surface area contributed by atoms with Crippen LogP contribution in [0.2, 0.25) is 0 Å². The van der Waals surface area contributed by atoms with Crippen molar-refractivity contribution in [2.45, 2.75) is 26.7 Å². The number of methoxy groups -OCH3 is 1. The molecule has 1 saturated carbocycles. The van der Waals surface area contributed by atoms with Crippen molar-refractivity contribution in [3.8, 4) is 11.5 Å². The maximum absolute atomic E-state index is 12.2. The van der Waals surface area contributed by atoms with E-state index < -0.39 is 5.91 Å². The van der Waals surface area contributed by atoms with Gasteiger partial charge in [-0.25, -0.2) is 4.79 Å². The molecule has 3 rings (SSSR count). The molecule has 2 N–H and O–H groups in total. The molecule has 28 heavy (non-hydrogen) atoms. The summed E-state index contributed by atoms with van der Waals surface area (Å²) in [5.74, 6) is 3.11. The van der Waals surface area contributed by atoms with Gasteiger partial charge in [0.15, 0.2) is 11.5 Å². The van der Waals surface area contributed by atoms with Crippen LogP contribution in [-0.4, -0.2) is 30.5 Å². The number of allylic oxidation sites excluding steroid dienone is 5. The lowest BCUT2D eigenvalue weighted by Crippen LogP contribution is -2.20. The van der Waals surface area contributed by atoms with Crippen LogP contribution in [0.4, 0.5) is 0 Å². The molecule has 0 atom stereocenters. The summed E-state index contributed by atoms with van der Waals surface area (Å²) in [5.41, 5.74) is 8.67. The van der Waals surface area contributed by atoms with E-state index in [9.17, 15) is 9.59 Å². The van der Waals surface area contributed by atoms with Crippen LogP contribution in [0.3, 0.4) is 0 Å². The molecule has 1 aromatic carbocycles. The number of carbonyl (C=O) groups is 1. The minimum atomic E-state index is -0.560. The van der Waals surface area contributed by atoms with Gasteiger partial charge in [-0.3, -0.25) is 4.79 Å². The summed E-state index contributed by atoms with van der Waals surface area (Å²) in [4.78, 5) is 24.9. The average Bonchev–Trinajstić information content (AvgIpc) is 3.49. The Morgan fingerprint density at radius 2 is 1.93 bits per heavy atom. The molecule has 146 valence electrons. The monoisotopic (exact) mass is 380 g/mol. The molecular formula is C22H24N2O4. The summed E-state index contributed by atoms with van der Waals surface area (Å²) < 4.78 is 11.3. The first-order valence-corrected chi connectivity index (χ1v) is 9.16. The number of nitrogens with zero attached hydrogens (tertiary/aromatic N) is 1. The van der Waals surface area contributed by atoms with Gasteiger partial charge in [0.1, 0.15) is 5.94 Å². The molecular weight excluding hydrogens is 356 g/mol. The van der Waals surface area contributed by atoms with E-state index >= 15 is 0 Å². The van der Waals surface area contributed by atoms with Crippen molar-refractivity contribution in [1.82, 2.24) is 4.90 Å². The van der Waals surface area contributed by atoms with Gasteiger partial charge in [-0.05, 0) is 62.5 Å². The smallest absolute Gasteiger partial charge is 0.250 e. The average molecular weight is 380 g/mol. The first-order valence-electron chi connectivity index (χ1n) is 9.16. The Labute approximate surface area is 164 Å². The van der Waals surface area contributed by atoms with Crippen LogP contribution in [-0.2, 0) is 9.59 Å². The summed E-state index contributed by atoms with van der Waals surface area (Å²) in [6.07, 6.45) is 7.43. The molecule has 0 saturated heterocycles. The van der Waals surface area contributed by atoms with Crippen molar-refractivity contribution in [3.05, 3.63) is 59.1 Å². The number of hydrogen-bond acceptors (Lipinski definition) is 5. The fourth-order valence-electron chi connectivity index (χ4n) is 3.03. The van der Waals surface area contributed by atoms with E-state index in [0.29, 0.717) is 40.7 Å². The summed E-state index contributed by atoms with van der Waals surface area (Å²) >= 11 is 0. The molecule has 1 aromatic rings. The summed E-state index contributed by atoms with van der Waals surface area (Å²) in [5, 5.41) is 0. The lowest BCUT2D eigenvalue weighted by molar-refractivity contribution is -0.112. The minimum absolute atomic E-state index is 0.331. The molecule has 0 bridgehead atoms. The van der Waals surface area contributed by atoms with Crippen molar-refractivity contribution in [2.24, 2.45) is 11.7 Å². The zero-order valence-electron chi connectivity index (χ0n) is 16.3. The van der Waals surface area contributed by atoms with E-state index in [1.54, 1.807) is 43.7 Å². The van der Waals surface area contributed by atoms with Gasteiger partial charge in [0.2, 0.25) is 0 Å². The summed E-state index contributed by atoms with van der Waals surface area (Å²) in [6, 6.07) is 5.32. The van der Waals surface area contributed by atoms with Crippen molar-refractivity contribution in [1.29, 1.82) is 0 Å². The standard InChI is InChI=1S/C22H24N2O4/c1-14-8-17(12-25)9-15(2)24(14)11-19(22(23)26)18-6-7-20(27-3)21(10-18)28-13-16-4-5-16/h6-11,16H,4-5,13H2,1-3H3,(H2,23,26)/b19-11-.